The lowest BCUT2D eigenvalue weighted by Gasteiger charge is -2.24. The summed E-state index contributed by atoms with van der Waals surface area (Å²) in [5.74, 6) is 1.53. The summed E-state index contributed by atoms with van der Waals surface area (Å²) < 4.78 is 0. The fourth-order valence-electron chi connectivity index (χ4n) is 1.95. The zero-order valence-corrected chi connectivity index (χ0v) is 13.3. The van der Waals surface area contributed by atoms with Gasteiger partial charge in [0.2, 0.25) is 5.91 Å². The van der Waals surface area contributed by atoms with E-state index in [-0.39, 0.29) is 11.3 Å². The van der Waals surface area contributed by atoms with Gasteiger partial charge in [0.1, 0.15) is 0 Å². The summed E-state index contributed by atoms with van der Waals surface area (Å²) in [7, 11) is 0. The van der Waals surface area contributed by atoms with Crippen molar-refractivity contribution in [3.8, 4) is 0 Å². The van der Waals surface area contributed by atoms with E-state index in [1.807, 2.05) is 0 Å². The molecule has 0 atom stereocenters. The van der Waals surface area contributed by atoms with Gasteiger partial charge in [0.15, 0.2) is 0 Å². The molecule has 0 heterocycles. The molecule has 1 amide bonds. The fraction of sp³-hybridized carbons (Fsp3) is 0.938. The number of carbonyl (C=O) groups excluding carboxylic acids is 1. The van der Waals surface area contributed by atoms with E-state index in [0.29, 0.717) is 5.92 Å². The molecule has 0 fully saturated rings. The Balaban J connectivity index is 3.81. The molecule has 0 unspecified atom stereocenters. The lowest BCUT2D eigenvalue weighted by molar-refractivity contribution is -0.129. The molecule has 2 heteroatoms. The number of hydrogen-bond donors (Lipinski definition) is 1. The molecule has 0 aliphatic carbocycles. The van der Waals surface area contributed by atoms with Crippen LogP contribution >= 0.6 is 0 Å². The smallest absolute Gasteiger partial charge is 0.225 e. The van der Waals surface area contributed by atoms with Gasteiger partial charge in [0, 0.05) is 12.0 Å². The van der Waals surface area contributed by atoms with Crippen LogP contribution in [-0.4, -0.2) is 12.5 Å². The molecule has 0 aromatic carbocycles. The molecule has 0 aliphatic rings. The van der Waals surface area contributed by atoms with Crippen molar-refractivity contribution in [2.45, 2.75) is 73.6 Å². The average molecular weight is 255 g/mol. The van der Waals surface area contributed by atoms with Gasteiger partial charge in [-0.1, -0.05) is 67.2 Å². The van der Waals surface area contributed by atoms with E-state index in [9.17, 15) is 4.79 Å². The molecule has 108 valence electrons. The van der Waals surface area contributed by atoms with E-state index in [0.717, 1.165) is 25.3 Å². The zero-order chi connectivity index (χ0) is 14.2. The van der Waals surface area contributed by atoms with Crippen LogP contribution in [0.4, 0.5) is 0 Å². The second kappa shape index (κ2) is 8.55. The number of nitrogens with one attached hydrogen (secondary N) is 1. The lowest BCUT2D eigenvalue weighted by atomic mass is 9.85. The van der Waals surface area contributed by atoms with Crippen LogP contribution < -0.4 is 5.32 Å². The summed E-state index contributed by atoms with van der Waals surface area (Å²) in [6.45, 7) is 13.7. The summed E-state index contributed by atoms with van der Waals surface area (Å²) in [4.78, 5) is 12.0. The van der Waals surface area contributed by atoms with Gasteiger partial charge in [-0.2, -0.15) is 0 Å². The monoisotopic (exact) mass is 255 g/mol. The molecule has 0 saturated carbocycles. The third-order valence-electron chi connectivity index (χ3n) is 3.37. The van der Waals surface area contributed by atoms with Gasteiger partial charge in [-0.3, -0.25) is 4.79 Å². The maximum absolute atomic E-state index is 12.0. The molecule has 0 aromatic rings. The molecule has 0 aromatic heterocycles. The minimum absolute atomic E-state index is 0.208. The van der Waals surface area contributed by atoms with E-state index >= 15 is 0 Å². The predicted molar refractivity (Wildman–Crippen MR) is 79.6 cm³/mol. The Kier molecular flexibility index (Phi) is 8.30. The molecule has 0 saturated heterocycles. The molecular weight excluding hydrogens is 222 g/mol. The van der Waals surface area contributed by atoms with Crippen LogP contribution in [0.3, 0.4) is 0 Å². The Morgan fingerprint density at radius 1 is 1.00 bits per heavy atom. The largest absolute Gasteiger partial charge is 0.355 e. The molecule has 0 radical (unpaired) electrons. The first kappa shape index (κ1) is 17.5. The highest BCUT2D eigenvalue weighted by Crippen LogP contribution is 2.24. The molecule has 0 rings (SSSR count). The minimum Gasteiger partial charge on any atom is -0.355 e. The molecule has 1 N–H and O–H groups in total. The SMILES string of the molecule is CC(C)CCCCCC(C)(C)C(=O)NCC(C)C. The number of carbonyl (C=O) groups is 1. The summed E-state index contributed by atoms with van der Waals surface area (Å²) in [5.41, 5.74) is -0.216. The highest BCUT2D eigenvalue weighted by Gasteiger charge is 2.26. The Morgan fingerprint density at radius 3 is 2.11 bits per heavy atom. The van der Waals surface area contributed by atoms with Crippen LogP contribution in [0.1, 0.15) is 73.6 Å². The van der Waals surface area contributed by atoms with Gasteiger partial charge < -0.3 is 5.32 Å². The van der Waals surface area contributed by atoms with Crippen molar-refractivity contribution in [1.29, 1.82) is 0 Å². The third kappa shape index (κ3) is 8.54. The molecule has 18 heavy (non-hydrogen) atoms. The summed E-state index contributed by atoms with van der Waals surface area (Å²) in [5, 5.41) is 3.04. The number of hydrogen-bond acceptors (Lipinski definition) is 1. The van der Waals surface area contributed by atoms with Gasteiger partial charge >= 0.3 is 0 Å². The van der Waals surface area contributed by atoms with Crippen LogP contribution in [0.25, 0.3) is 0 Å². The standard InChI is InChI=1S/C16H33NO/c1-13(2)10-8-7-9-11-16(5,6)15(18)17-12-14(3)4/h13-14H,7-12H2,1-6H3,(H,17,18). The number of amides is 1. The fourth-order valence-corrected chi connectivity index (χ4v) is 1.95. The van der Waals surface area contributed by atoms with Crippen molar-refractivity contribution in [2.24, 2.45) is 17.3 Å². The van der Waals surface area contributed by atoms with Crippen molar-refractivity contribution in [3.63, 3.8) is 0 Å². The second-order valence-corrected chi connectivity index (χ2v) is 6.98. The Morgan fingerprint density at radius 2 is 1.61 bits per heavy atom. The van der Waals surface area contributed by atoms with Crippen molar-refractivity contribution >= 4 is 5.91 Å². The topological polar surface area (TPSA) is 29.1 Å². The van der Waals surface area contributed by atoms with E-state index in [1.54, 1.807) is 0 Å². The third-order valence-corrected chi connectivity index (χ3v) is 3.37. The predicted octanol–water partition coefficient (Wildman–Crippen LogP) is 4.39. The van der Waals surface area contributed by atoms with Crippen molar-refractivity contribution in [3.05, 3.63) is 0 Å². The van der Waals surface area contributed by atoms with E-state index < -0.39 is 0 Å². The first-order valence-corrected chi connectivity index (χ1v) is 7.54. The van der Waals surface area contributed by atoms with Crippen molar-refractivity contribution in [2.75, 3.05) is 6.54 Å². The second-order valence-electron chi connectivity index (χ2n) is 6.98. The minimum atomic E-state index is -0.216. The number of unbranched alkanes of at least 4 members (excludes halogenated alkanes) is 2. The van der Waals surface area contributed by atoms with Gasteiger partial charge in [-0.25, -0.2) is 0 Å². The van der Waals surface area contributed by atoms with Crippen LogP contribution in [0, 0.1) is 17.3 Å². The first-order chi connectivity index (χ1) is 8.25. The highest BCUT2D eigenvalue weighted by molar-refractivity contribution is 5.81. The molecule has 0 bridgehead atoms. The van der Waals surface area contributed by atoms with Crippen LogP contribution in [-0.2, 0) is 4.79 Å². The van der Waals surface area contributed by atoms with Crippen LogP contribution in [0.2, 0.25) is 0 Å². The maximum atomic E-state index is 12.0. The van der Waals surface area contributed by atoms with E-state index in [1.165, 1.54) is 19.3 Å². The Hall–Kier alpha value is -0.530. The molecular formula is C16H33NO. The van der Waals surface area contributed by atoms with Gasteiger partial charge in [0.05, 0.1) is 0 Å². The van der Waals surface area contributed by atoms with Crippen LogP contribution in [0.15, 0.2) is 0 Å². The van der Waals surface area contributed by atoms with Crippen molar-refractivity contribution in [1.82, 2.24) is 5.32 Å². The lowest BCUT2D eigenvalue weighted by Crippen LogP contribution is -2.38. The van der Waals surface area contributed by atoms with Gasteiger partial charge in [-0.15, -0.1) is 0 Å². The van der Waals surface area contributed by atoms with E-state index in [2.05, 4.69) is 46.9 Å². The Labute approximate surface area is 114 Å². The first-order valence-electron chi connectivity index (χ1n) is 7.54. The van der Waals surface area contributed by atoms with Crippen molar-refractivity contribution < 1.29 is 4.79 Å². The number of rotatable bonds is 9. The normalized spacial score (nSPS) is 12.2. The quantitative estimate of drug-likeness (QED) is 0.608. The summed E-state index contributed by atoms with van der Waals surface area (Å²) in [6, 6.07) is 0. The van der Waals surface area contributed by atoms with Crippen LogP contribution in [0.5, 0.6) is 0 Å². The summed E-state index contributed by atoms with van der Waals surface area (Å²) in [6.07, 6.45) is 6.00. The van der Waals surface area contributed by atoms with E-state index in [4.69, 9.17) is 0 Å². The molecule has 2 nitrogen and oxygen atoms in total. The molecule has 0 spiro atoms. The zero-order valence-electron chi connectivity index (χ0n) is 13.3. The van der Waals surface area contributed by atoms with Gasteiger partial charge in [0.25, 0.3) is 0 Å². The maximum Gasteiger partial charge on any atom is 0.225 e. The van der Waals surface area contributed by atoms with Gasteiger partial charge in [-0.05, 0) is 18.3 Å². The average Bonchev–Trinajstić information content (AvgIpc) is 2.24. The summed E-state index contributed by atoms with van der Waals surface area (Å²) >= 11 is 0. The molecule has 0 aliphatic heterocycles. The highest BCUT2D eigenvalue weighted by atomic mass is 16.2. The Bertz CT molecular complexity index is 231.